The summed E-state index contributed by atoms with van der Waals surface area (Å²) < 4.78 is 6.19. The Morgan fingerprint density at radius 2 is 2.00 bits per heavy atom. The molecule has 0 aromatic rings. The fraction of sp³-hybridized carbons (Fsp3) is 0.571. The number of rotatable bonds is 2. The number of carbonyl (C=O) groups is 1. The molecule has 1 aliphatic rings. The van der Waals surface area contributed by atoms with E-state index in [-0.39, 0.29) is 12.2 Å². The van der Waals surface area contributed by atoms with Crippen LogP contribution in [0, 0.1) is 0 Å². The van der Waals surface area contributed by atoms with Gasteiger partial charge < -0.3 is 9.53 Å². The molecule has 11 heavy (non-hydrogen) atoms. The van der Waals surface area contributed by atoms with Gasteiger partial charge in [-0.1, -0.05) is 0 Å². The second kappa shape index (κ2) is 4.38. The maximum atomic E-state index is 10.3. The van der Waals surface area contributed by atoms with E-state index < -0.39 is 0 Å². The third kappa shape index (κ3) is 3.05. The Morgan fingerprint density at radius 3 is 2.45 bits per heavy atom. The predicted molar refractivity (Wildman–Crippen MR) is 49.9 cm³/mol. The fourth-order valence-electron chi connectivity index (χ4n) is 1.05. The predicted octanol–water partition coefficient (Wildman–Crippen LogP) is 2.36. The minimum absolute atomic E-state index is 0.0824. The molecule has 0 amide bonds. The molecule has 0 N–H and O–H groups in total. The van der Waals surface area contributed by atoms with Gasteiger partial charge in [0.25, 0.3) is 0 Å². The van der Waals surface area contributed by atoms with Crippen LogP contribution < -0.4 is 0 Å². The van der Waals surface area contributed by atoms with Crippen LogP contribution in [0.1, 0.15) is 12.8 Å². The molecular formula is C7H8Br2O2. The second-order valence-corrected chi connectivity index (χ2v) is 5.16. The van der Waals surface area contributed by atoms with E-state index in [0.717, 1.165) is 22.5 Å². The van der Waals surface area contributed by atoms with E-state index in [9.17, 15) is 4.79 Å². The lowest BCUT2D eigenvalue weighted by Crippen LogP contribution is -2.09. The summed E-state index contributed by atoms with van der Waals surface area (Å²) in [4.78, 5) is 10.3. The van der Waals surface area contributed by atoms with E-state index >= 15 is 0 Å². The number of aldehydes is 1. The molecule has 1 saturated heterocycles. The zero-order chi connectivity index (χ0) is 8.27. The SMILES string of the molecule is O=CC1CCC(C=C(Br)Br)O1. The average Bonchev–Trinajstić information content (AvgIpc) is 2.34. The van der Waals surface area contributed by atoms with Crippen LogP contribution in [0.25, 0.3) is 0 Å². The van der Waals surface area contributed by atoms with Crippen LogP contribution in [0.2, 0.25) is 0 Å². The van der Waals surface area contributed by atoms with Crippen molar-refractivity contribution in [1.29, 1.82) is 0 Å². The third-order valence-corrected chi connectivity index (χ3v) is 2.08. The van der Waals surface area contributed by atoms with Crippen LogP contribution in [0.5, 0.6) is 0 Å². The maximum absolute atomic E-state index is 10.3. The molecule has 0 spiro atoms. The maximum Gasteiger partial charge on any atom is 0.148 e. The highest BCUT2D eigenvalue weighted by molar-refractivity contribution is 9.28. The van der Waals surface area contributed by atoms with Gasteiger partial charge in [0.1, 0.15) is 12.4 Å². The van der Waals surface area contributed by atoms with Crippen molar-refractivity contribution in [2.45, 2.75) is 25.0 Å². The molecule has 2 atom stereocenters. The molecule has 2 unspecified atom stereocenters. The summed E-state index contributed by atoms with van der Waals surface area (Å²) in [5.74, 6) is 0. The summed E-state index contributed by atoms with van der Waals surface area (Å²) in [6, 6.07) is 0. The van der Waals surface area contributed by atoms with Crippen LogP contribution in [0.4, 0.5) is 0 Å². The Balaban J connectivity index is 2.41. The number of carbonyl (C=O) groups excluding carboxylic acids is 1. The zero-order valence-electron chi connectivity index (χ0n) is 5.80. The van der Waals surface area contributed by atoms with Crippen molar-refractivity contribution >= 4 is 38.1 Å². The molecule has 1 fully saturated rings. The number of halogens is 2. The highest BCUT2D eigenvalue weighted by Gasteiger charge is 2.22. The third-order valence-electron chi connectivity index (χ3n) is 1.55. The first-order valence-corrected chi connectivity index (χ1v) is 4.94. The Hall–Kier alpha value is 0.330. The molecule has 4 heteroatoms. The Morgan fingerprint density at radius 1 is 1.36 bits per heavy atom. The molecule has 0 aliphatic carbocycles. The van der Waals surface area contributed by atoms with Gasteiger partial charge in [0.05, 0.1) is 9.50 Å². The lowest BCUT2D eigenvalue weighted by Gasteiger charge is -2.03. The molecule has 0 radical (unpaired) electrons. The Kier molecular flexibility index (Phi) is 3.75. The van der Waals surface area contributed by atoms with E-state index in [4.69, 9.17) is 4.74 Å². The van der Waals surface area contributed by atoms with Crippen molar-refractivity contribution in [2.75, 3.05) is 0 Å². The molecular weight excluding hydrogens is 276 g/mol. The molecule has 62 valence electrons. The lowest BCUT2D eigenvalue weighted by molar-refractivity contribution is -0.116. The van der Waals surface area contributed by atoms with E-state index in [1.54, 1.807) is 0 Å². The average molecular weight is 284 g/mol. The monoisotopic (exact) mass is 282 g/mol. The summed E-state index contributed by atoms with van der Waals surface area (Å²) in [5, 5.41) is 0. The molecule has 0 bridgehead atoms. The van der Waals surface area contributed by atoms with Crippen LogP contribution in [-0.2, 0) is 9.53 Å². The molecule has 2 nitrogen and oxygen atoms in total. The van der Waals surface area contributed by atoms with Gasteiger partial charge in [-0.25, -0.2) is 0 Å². The van der Waals surface area contributed by atoms with E-state index in [0.29, 0.717) is 0 Å². The van der Waals surface area contributed by atoms with Gasteiger partial charge in [-0.05, 0) is 50.8 Å². The summed E-state index contributed by atoms with van der Waals surface area (Å²) in [5.41, 5.74) is 0. The van der Waals surface area contributed by atoms with E-state index in [1.807, 2.05) is 6.08 Å². The smallest absolute Gasteiger partial charge is 0.148 e. The Bertz CT molecular complexity index is 175. The zero-order valence-corrected chi connectivity index (χ0v) is 8.97. The number of ether oxygens (including phenoxy) is 1. The summed E-state index contributed by atoms with van der Waals surface area (Å²) in [7, 11) is 0. The van der Waals surface area contributed by atoms with Gasteiger partial charge in [-0.15, -0.1) is 0 Å². The molecule has 0 aromatic carbocycles. The van der Waals surface area contributed by atoms with Crippen molar-refractivity contribution < 1.29 is 9.53 Å². The van der Waals surface area contributed by atoms with Crippen molar-refractivity contribution in [1.82, 2.24) is 0 Å². The lowest BCUT2D eigenvalue weighted by atomic mass is 10.2. The first-order valence-electron chi connectivity index (χ1n) is 3.36. The standard InChI is InChI=1S/C7H8Br2O2/c8-7(9)3-5-1-2-6(4-10)11-5/h3-6H,1-2H2. The summed E-state index contributed by atoms with van der Waals surface area (Å²) >= 11 is 6.47. The van der Waals surface area contributed by atoms with Crippen molar-refractivity contribution in [3.8, 4) is 0 Å². The number of hydrogen-bond donors (Lipinski definition) is 0. The van der Waals surface area contributed by atoms with Crippen LogP contribution in [0.15, 0.2) is 9.47 Å². The van der Waals surface area contributed by atoms with Gasteiger partial charge in [0, 0.05) is 0 Å². The van der Waals surface area contributed by atoms with E-state index in [1.165, 1.54) is 0 Å². The second-order valence-electron chi connectivity index (χ2n) is 2.38. The number of hydrogen-bond acceptors (Lipinski definition) is 2. The van der Waals surface area contributed by atoms with Crippen molar-refractivity contribution in [3.63, 3.8) is 0 Å². The van der Waals surface area contributed by atoms with Crippen LogP contribution in [-0.4, -0.2) is 18.5 Å². The molecule has 0 aromatic heterocycles. The molecule has 1 rings (SSSR count). The van der Waals surface area contributed by atoms with Gasteiger partial charge in [-0.2, -0.15) is 0 Å². The first-order chi connectivity index (χ1) is 5.22. The minimum Gasteiger partial charge on any atom is -0.363 e. The highest BCUT2D eigenvalue weighted by Crippen LogP contribution is 2.23. The van der Waals surface area contributed by atoms with Crippen molar-refractivity contribution in [2.24, 2.45) is 0 Å². The van der Waals surface area contributed by atoms with Gasteiger partial charge in [0.15, 0.2) is 0 Å². The minimum atomic E-state index is -0.199. The van der Waals surface area contributed by atoms with Gasteiger partial charge in [0.2, 0.25) is 0 Å². The highest BCUT2D eigenvalue weighted by atomic mass is 79.9. The topological polar surface area (TPSA) is 26.3 Å². The van der Waals surface area contributed by atoms with E-state index in [2.05, 4.69) is 31.9 Å². The summed E-state index contributed by atoms with van der Waals surface area (Å²) in [6.07, 6.45) is 4.40. The first kappa shape index (κ1) is 9.42. The largest absolute Gasteiger partial charge is 0.363 e. The van der Waals surface area contributed by atoms with Crippen LogP contribution >= 0.6 is 31.9 Å². The van der Waals surface area contributed by atoms with Crippen LogP contribution in [0.3, 0.4) is 0 Å². The van der Waals surface area contributed by atoms with Gasteiger partial charge >= 0.3 is 0 Å². The Labute approximate surface area is 82.2 Å². The van der Waals surface area contributed by atoms with Crippen molar-refractivity contribution in [3.05, 3.63) is 9.47 Å². The molecule has 0 saturated carbocycles. The fourth-order valence-corrected chi connectivity index (χ4v) is 1.64. The van der Waals surface area contributed by atoms with Gasteiger partial charge in [-0.3, -0.25) is 0 Å². The summed E-state index contributed by atoms with van der Waals surface area (Å²) in [6.45, 7) is 0. The molecule has 1 aliphatic heterocycles. The quantitative estimate of drug-likeness (QED) is 0.728. The normalized spacial score (nSPS) is 30.0. The molecule has 1 heterocycles.